The van der Waals surface area contributed by atoms with E-state index < -0.39 is 11.8 Å². The Hall–Kier alpha value is -2.73. The first-order valence-electron chi connectivity index (χ1n) is 6.49. The van der Waals surface area contributed by atoms with Gasteiger partial charge in [-0.25, -0.2) is 9.18 Å². The van der Waals surface area contributed by atoms with E-state index in [0.717, 1.165) is 6.08 Å². The third-order valence-electron chi connectivity index (χ3n) is 2.82. The lowest BCUT2D eigenvalue weighted by molar-refractivity contribution is 0.0697. The van der Waals surface area contributed by atoms with E-state index >= 15 is 0 Å². The van der Waals surface area contributed by atoms with E-state index in [2.05, 4.69) is 16.7 Å². The number of carbonyl (C=O) groups is 1. The number of alkyl halides is 1. The lowest BCUT2D eigenvalue weighted by Gasteiger charge is -1.98. The van der Waals surface area contributed by atoms with Gasteiger partial charge in [0.2, 0.25) is 5.82 Å². The highest BCUT2D eigenvalue weighted by atomic mass is 35.5. The van der Waals surface area contributed by atoms with Crippen LogP contribution in [-0.2, 0) is 0 Å². The van der Waals surface area contributed by atoms with Gasteiger partial charge in [0.25, 0.3) is 5.89 Å². The van der Waals surface area contributed by atoms with Crippen LogP contribution in [0.5, 0.6) is 0 Å². The molecule has 7 heteroatoms. The number of nitrogens with zero attached hydrogens (tertiary/aromatic N) is 2. The molecule has 0 bridgehead atoms. The Balaban J connectivity index is 2.41. The second-order valence-corrected chi connectivity index (χ2v) is 4.64. The van der Waals surface area contributed by atoms with E-state index in [-0.39, 0.29) is 28.7 Å². The largest absolute Gasteiger partial charge is 0.478 e. The molecule has 1 N–H and O–H groups in total. The number of halogens is 2. The van der Waals surface area contributed by atoms with Gasteiger partial charge in [0.1, 0.15) is 5.83 Å². The molecule has 0 fully saturated rings. The van der Waals surface area contributed by atoms with Crippen molar-refractivity contribution < 1.29 is 18.8 Å². The Bertz CT molecular complexity index is 796. The first kappa shape index (κ1) is 16.6. The third-order valence-corrected chi connectivity index (χ3v) is 2.98. The Morgan fingerprint density at radius 3 is 2.91 bits per heavy atom. The monoisotopic (exact) mass is 334 g/mol. The fourth-order valence-electron chi connectivity index (χ4n) is 1.79. The van der Waals surface area contributed by atoms with E-state index in [1.165, 1.54) is 24.3 Å². The summed E-state index contributed by atoms with van der Waals surface area (Å²) in [5, 5.41) is 12.7. The standard InChI is InChI=1S/C16H12ClFN2O3/c1-2-4-12(13(18)7-8-17)15-19-14(20-23-15)10-5-3-6-11(9-10)16(21)22/h2-7,9H,1,8H2,(H,21,22)/b12-4+,13-7+. The molecule has 0 saturated heterocycles. The van der Waals surface area contributed by atoms with Crippen molar-refractivity contribution in [2.75, 3.05) is 5.88 Å². The van der Waals surface area contributed by atoms with Gasteiger partial charge in [-0.05, 0) is 24.3 Å². The van der Waals surface area contributed by atoms with Crippen molar-refractivity contribution in [2.24, 2.45) is 0 Å². The molecular formula is C16H12ClFN2O3. The SMILES string of the molecule is C=C/C=C(\C(F)=C/CCl)c1nc(-c2cccc(C(=O)O)c2)no1. The molecular weight excluding hydrogens is 323 g/mol. The van der Waals surface area contributed by atoms with Crippen molar-refractivity contribution in [2.45, 2.75) is 0 Å². The molecule has 0 spiro atoms. The molecule has 23 heavy (non-hydrogen) atoms. The van der Waals surface area contributed by atoms with Crippen molar-refractivity contribution in [1.82, 2.24) is 10.1 Å². The fraction of sp³-hybridized carbons (Fsp3) is 0.0625. The molecule has 0 aliphatic rings. The van der Waals surface area contributed by atoms with Gasteiger partial charge in [-0.3, -0.25) is 0 Å². The van der Waals surface area contributed by atoms with Crippen LogP contribution in [0, 0.1) is 0 Å². The maximum atomic E-state index is 14.0. The van der Waals surface area contributed by atoms with Crippen LogP contribution in [0.4, 0.5) is 4.39 Å². The van der Waals surface area contributed by atoms with Crippen LogP contribution in [0.2, 0.25) is 0 Å². The Kier molecular flexibility index (Phi) is 5.43. The zero-order chi connectivity index (χ0) is 16.8. The number of carboxylic acids is 1. The first-order chi connectivity index (χ1) is 11.1. The zero-order valence-corrected chi connectivity index (χ0v) is 12.6. The molecule has 1 aromatic carbocycles. The van der Waals surface area contributed by atoms with E-state index in [0.29, 0.717) is 5.56 Å². The molecule has 1 aromatic heterocycles. The van der Waals surface area contributed by atoms with E-state index in [4.69, 9.17) is 21.2 Å². The number of carboxylic acid groups (broad SMARTS) is 1. The maximum absolute atomic E-state index is 14.0. The highest BCUT2D eigenvalue weighted by Gasteiger charge is 2.17. The summed E-state index contributed by atoms with van der Waals surface area (Å²) in [7, 11) is 0. The van der Waals surface area contributed by atoms with Crippen molar-refractivity contribution in [3.8, 4) is 11.4 Å². The van der Waals surface area contributed by atoms with Crippen molar-refractivity contribution >= 4 is 23.1 Å². The van der Waals surface area contributed by atoms with Gasteiger partial charge in [0.15, 0.2) is 0 Å². The topological polar surface area (TPSA) is 76.2 Å². The summed E-state index contributed by atoms with van der Waals surface area (Å²) in [5.41, 5.74) is 0.581. The smallest absolute Gasteiger partial charge is 0.335 e. The fourth-order valence-corrected chi connectivity index (χ4v) is 1.93. The number of hydrogen-bond donors (Lipinski definition) is 1. The molecule has 0 amide bonds. The molecule has 5 nitrogen and oxygen atoms in total. The normalized spacial score (nSPS) is 12.3. The number of aromatic nitrogens is 2. The summed E-state index contributed by atoms with van der Waals surface area (Å²) in [5.74, 6) is -1.60. The van der Waals surface area contributed by atoms with Crippen LogP contribution >= 0.6 is 11.6 Å². The number of allylic oxidation sites excluding steroid dienone is 5. The van der Waals surface area contributed by atoms with Gasteiger partial charge in [0, 0.05) is 11.4 Å². The average molecular weight is 335 g/mol. The summed E-state index contributed by atoms with van der Waals surface area (Å²) >= 11 is 5.48. The summed E-state index contributed by atoms with van der Waals surface area (Å²) < 4.78 is 19.0. The molecule has 2 aromatic rings. The summed E-state index contributed by atoms with van der Waals surface area (Å²) in [4.78, 5) is 15.1. The predicted molar refractivity (Wildman–Crippen MR) is 84.8 cm³/mol. The minimum Gasteiger partial charge on any atom is -0.478 e. The maximum Gasteiger partial charge on any atom is 0.335 e. The molecule has 0 atom stereocenters. The van der Waals surface area contributed by atoms with Gasteiger partial charge in [0.05, 0.1) is 11.1 Å². The Morgan fingerprint density at radius 1 is 1.48 bits per heavy atom. The molecule has 0 radical (unpaired) electrons. The van der Waals surface area contributed by atoms with Crippen LogP contribution in [0.1, 0.15) is 16.2 Å². The first-order valence-corrected chi connectivity index (χ1v) is 7.02. The Morgan fingerprint density at radius 2 is 2.26 bits per heavy atom. The lowest BCUT2D eigenvalue weighted by Crippen LogP contribution is -1.96. The quantitative estimate of drug-likeness (QED) is 0.636. The number of aromatic carboxylic acids is 1. The minimum atomic E-state index is -1.07. The van der Waals surface area contributed by atoms with Crippen LogP contribution in [0.3, 0.4) is 0 Å². The van der Waals surface area contributed by atoms with Crippen LogP contribution in [0.25, 0.3) is 17.0 Å². The van der Waals surface area contributed by atoms with Crippen LogP contribution in [0.15, 0.2) is 59.4 Å². The van der Waals surface area contributed by atoms with E-state index in [9.17, 15) is 9.18 Å². The van der Waals surface area contributed by atoms with Crippen LogP contribution < -0.4 is 0 Å². The molecule has 0 saturated carbocycles. The molecule has 1 heterocycles. The predicted octanol–water partition coefficient (Wildman–Crippen LogP) is 4.10. The number of hydrogen-bond acceptors (Lipinski definition) is 4. The molecule has 2 rings (SSSR count). The van der Waals surface area contributed by atoms with Crippen LogP contribution in [-0.4, -0.2) is 27.1 Å². The van der Waals surface area contributed by atoms with Gasteiger partial charge in [-0.15, -0.1) is 11.6 Å². The third kappa shape index (κ3) is 3.92. The van der Waals surface area contributed by atoms with Gasteiger partial charge in [-0.1, -0.05) is 29.9 Å². The Labute approximate surface area is 136 Å². The van der Waals surface area contributed by atoms with Crippen molar-refractivity contribution in [1.29, 1.82) is 0 Å². The summed E-state index contributed by atoms with van der Waals surface area (Å²) in [6.07, 6.45) is 3.92. The summed E-state index contributed by atoms with van der Waals surface area (Å²) in [6, 6.07) is 6.03. The summed E-state index contributed by atoms with van der Waals surface area (Å²) in [6.45, 7) is 3.51. The van der Waals surface area contributed by atoms with Crippen molar-refractivity contribution in [3.63, 3.8) is 0 Å². The minimum absolute atomic E-state index is 0.0119. The van der Waals surface area contributed by atoms with Gasteiger partial charge >= 0.3 is 5.97 Å². The molecule has 0 aliphatic heterocycles. The van der Waals surface area contributed by atoms with Gasteiger partial charge in [-0.2, -0.15) is 4.98 Å². The van der Waals surface area contributed by atoms with Crippen molar-refractivity contribution in [3.05, 3.63) is 66.4 Å². The zero-order valence-electron chi connectivity index (χ0n) is 11.9. The lowest BCUT2D eigenvalue weighted by atomic mass is 10.1. The average Bonchev–Trinajstić information content (AvgIpc) is 3.02. The number of benzene rings is 1. The van der Waals surface area contributed by atoms with Gasteiger partial charge < -0.3 is 9.63 Å². The second-order valence-electron chi connectivity index (χ2n) is 4.33. The molecule has 0 unspecified atom stereocenters. The number of rotatable bonds is 6. The molecule has 0 aliphatic carbocycles. The second kappa shape index (κ2) is 7.51. The van der Waals surface area contributed by atoms with E-state index in [1.807, 2.05) is 0 Å². The molecule has 118 valence electrons. The highest BCUT2D eigenvalue weighted by molar-refractivity contribution is 6.19. The highest BCUT2D eigenvalue weighted by Crippen LogP contribution is 2.26. The van der Waals surface area contributed by atoms with E-state index in [1.54, 1.807) is 12.1 Å².